The van der Waals surface area contributed by atoms with Gasteiger partial charge in [0.05, 0.1) is 0 Å². The van der Waals surface area contributed by atoms with E-state index in [4.69, 9.17) is 17.3 Å². The molecule has 6 heteroatoms. The second kappa shape index (κ2) is 5.58. The smallest absolute Gasteiger partial charge is 0.251 e. The molecule has 3 heterocycles. The number of carbonyl (C=O) groups excluding carboxylic acids is 1. The van der Waals surface area contributed by atoms with E-state index in [2.05, 4.69) is 15.2 Å². The van der Waals surface area contributed by atoms with E-state index in [1.807, 2.05) is 0 Å². The minimum absolute atomic E-state index is 0.113. The van der Waals surface area contributed by atoms with Gasteiger partial charge in [-0.1, -0.05) is 11.6 Å². The molecule has 0 bridgehead atoms. The standard InChI is InChI=1S/C14H19ClN4O/c15-12-6-9(7-13(16)18-12)14(20)17-10-3-5-19-4-1-2-11(19)8-10/h6-7,10-11H,1-5,8H2,(H2,16,18)(H,17,20). The number of carbonyl (C=O) groups is 1. The van der Waals surface area contributed by atoms with Crippen molar-refractivity contribution in [2.45, 2.75) is 37.8 Å². The molecule has 2 fully saturated rings. The van der Waals surface area contributed by atoms with Crippen molar-refractivity contribution >= 4 is 23.3 Å². The van der Waals surface area contributed by atoms with Gasteiger partial charge >= 0.3 is 0 Å². The van der Waals surface area contributed by atoms with Crippen LogP contribution in [0.5, 0.6) is 0 Å². The zero-order valence-electron chi connectivity index (χ0n) is 11.3. The average Bonchev–Trinajstić information content (AvgIpc) is 2.85. The molecule has 1 aromatic rings. The first-order valence-corrected chi connectivity index (χ1v) is 7.47. The monoisotopic (exact) mass is 294 g/mol. The minimum atomic E-state index is -0.113. The lowest BCUT2D eigenvalue weighted by Crippen LogP contribution is -2.47. The normalized spacial score (nSPS) is 26.2. The van der Waals surface area contributed by atoms with E-state index in [1.165, 1.54) is 19.4 Å². The fourth-order valence-corrected chi connectivity index (χ4v) is 3.49. The number of aromatic nitrogens is 1. The molecular formula is C14H19ClN4O. The maximum Gasteiger partial charge on any atom is 0.251 e. The summed E-state index contributed by atoms with van der Waals surface area (Å²) in [4.78, 5) is 18.6. The molecular weight excluding hydrogens is 276 g/mol. The molecule has 2 aliphatic heterocycles. The highest BCUT2D eigenvalue weighted by Gasteiger charge is 2.32. The number of nitrogens with zero attached hydrogens (tertiary/aromatic N) is 2. The van der Waals surface area contributed by atoms with Crippen molar-refractivity contribution in [1.29, 1.82) is 0 Å². The Morgan fingerprint density at radius 3 is 3.05 bits per heavy atom. The number of hydrogen-bond donors (Lipinski definition) is 2. The molecule has 2 aliphatic rings. The van der Waals surface area contributed by atoms with Crippen molar-refractivity contribution in [3.05, 3.63) is 22.8 Å². The molecule has 0 spiro atoms. The first-order chi connectivity index (χ1) is 9.61. The summed E-state index contributed by atoms with van der Waals surface area (Å²) in [6.45, 7) is 2.29. The van der Waals surface area contributed by atoms with Crippen LogP contribution in [-0.2, 0) is 0 Å². The predicted octanol–water partition coefficient (Wildman–Crippen LogP) is 1.67. The molecule has 1 aromatic heterocycles. The van der Waals surface area contributed by atoms with Crippen molar-refractivity contribution < 1.29 is 4.79 Å². The summed E-state index contributed by atoms with van der Waals surface area (Å²) in [5.41, 5.74) is 6.10. The van der Waals surface area contributed by atoms with Gasteiger partial charge in [-0.05, 0) is 44.4 Å². The number of piperidine rings is 1. The van der Waals surface area contributed by atoms with E-state index in [0.717, 1.165) is 19.4 Å². The van der Waals surface area contributed by atoms with Crippen LogP contribution in [0.15, 0.2) is 12.1 Å². The van der Waals surface area contributed by atoms with Gasteiger partial charge < -0.3 is 16.0 Å². The van der Waals surface area contributed by atoms with Gasteiger partial charge in [0.2, 0.25) is 0 Å². The quantitative estimate of drug-likeness (QED) is 0.814. The molecule has 3 N–H and O–H groups in total. The van der Waals surface area contributed by atoms with Crippen LogP contribution in [0.4, 0.5) is 5.82 Å². The first kappa shape index (κ1) is 13.6. The summed E-state index contributed by atoms with van der Waals surface area (Å²) in [5, 5.41) is 3.35. The van der Waals surface area contributed by atoms with Gasteiger partial charge in [-0.3, -0.25) is 4.79 Å². The number of nitrogen functional groups attached to an aromatic ring is 1. The first-order valence-electron chi connectivity index (χ1n) is 7.10. The lowest BCUT2D eigenvalue weighted by Gasteiger charge is -2.35. The molecule has 0 radical (unpaired) electrons. The highest BCUT2D eigenvalue weighted by atomic mass is 35.5. The molecule has 0 saturated carbocycles. The molecule has 5 nitrogen and oxygen atoms in total. The minimum Gasteiger partial charge on any atom is -0.384 e. The number of halogens is 1. The summed E-state index contributed by atoms with van der Waals surface area (Å²) < 4.78 is 0. The Kier molecular flexibility index (Phi) is 3.81. The van der Waals surface area contributed by atoms with E-state index < -0.39 is 0 Å². The number of nitrogens with two attached hydrogens (primary N) is 1. The number of nitrogens with one attached hydrogen (secondary N) is 1. The van der Waals surface area contributed by atoms with Crippen molar-refractivity contribution in [1.82, 2.24) is 15.2 Å². The van der Waals surface area contributed by atoms with Crippen LogP contribution < -0.4 is 11.1 Å². The highest BCUT2D eigenvalue weighted by molar-refractivity contribution is 6.29. The van der Waals surface area contributed by atoms with E-state index in [-0.39, 0.29) is 22.9 Å². The van der Waals surface area contributed by atoms with Crippen LogP contribution in [0.1, 0.15) is 36.0 Å². The number of hydrogen-bond acceptors (Lipinski definition) is 4. The Hall–Kier alpha value is -1.33. The number of anilines is 1. The van der Waals surface area contributed by atoms with E-state index in [9.17, 15) is 4.79 Å². The zero-order chi connectivity index (χ0) is 14.1. The summed E-state index contributed by atoms with van der Waals surface area (Å²) in [5.74, 6) is 0.158. The Labute approximate surface area is 123 Å². The number of pyridine rings is 1. The maximum atomic E-state index is 12.2. The molecule has 0 aromatic carbocycles. The Morgan fingerprint density at radius 2 is 2.25 bits per heavy atom. The lowest BCUT2D eigenvalue weighted by atomic mass is 9.97. The van der Waals surface area contributed by atoms with Crippen LogP contribution in [0.25, 0.3) is 0 Å². The summed E-state index contributed by atoms with van der Waals surface area (Å²) >= 11 is 5.83. The molecule has 2 saturated heterocycles. The number of fused-ring (bicyclic) bond motifs is 1. The van der Waals surface area contributed by atoms with Crippen LogP contribution in [0.2, 0.25) is 5.15 Å². The Morgan fingerprint density at radius 1 is 1.40 bits per heavy atom. The van der Waals surface area contributed by atoms with Gasteiger partial charge in [0.1, 0.15) is 11.0 Å². The maximum absolute atomic E-state index is 12.2. The Bertz CT molecular complexity index is 502. The van der Waals surface area contributed by atoms with Crippen molar-refractivity contribution in [2.24, 2.45) is 0 Å². The van der Waals surface area contributed by atoms with Crippen LogP contribution in [0, 0.1) is 0 Å². The van der Waals surface area contributed by atoms with Crippen molar-refractivity contribution in [3.63, 3.8) is 0 Å². The number of amides is 1. The summed E-state index contributed by atoms with van der Waals surface area (Å²) in [6, 6.07) is 4.00. The fraction of sp³-hybridized carbons (Fsp3) is 0.571. The van der Waals surface area contributed by atoms with E-state index >= 15 is 0 Å². The van der Waals surface area contributed by atoms with Gasteiger partial charge in [-0.15, -0.1) is 0 Å². The van der Waals surface area contributed by atoms with E-state index in [1.54, 1.807) is 12.1 Å². The third-order valence-electron chi connectivity index (χ3n) is 4.23. The predicted molar refractivity (Wildman–Crippen MR) is 78.7 cm³/mol. The second-order valence-corrected chi connectivity index (χ2v) is 6.02. The summed E-state index contributed by atoms with van der Waals surface area (Å²) in [6.07, 6.45) is 4.58. The van der Waals surface area contributed by atoms with Gasteiger partial charge in [-0.25, -0.2) is 4.98 Å². The molecule has 1 amide bonds. The third kappa shape index (κ3) is 2.88. The molecule has 2 unspecified atom stereocenters. The van der Waals surface area contributed by atoms with Crippen LogP contribution in [-0.4, -0.2) is 41.0 Å². The average molecular weight is 295 g/mol. The van der Waals surface area contributed by atoms with Crippen molar-refractivity contribution in [3.8, 4) is 0 Å². The highest BCUT2D eigenvalue weighted by Crippen LogP contribution is 2.27. The zero-order valence-corrected chi connectivity index (χ0v) is 12.1. The van der Waals surface area contributed by atoms with Gasteiger partial charge in [0, 0.05) is 24.2 Å². The molecule has 2 atom stereocenters. The Balaban J connectivity index is 1.64. The molecule has 20 heavy (non-hydrogen) atoms. The third-order valence-corrected chi connectivity index (χ3v) is 4.43. The number of rotatable bonds is 2. The molecule has 3 rings (SSSR count). The van der Waals surface area contributed by atoms with Gasteiger partial charge in [0.25, 0.3) is 5.91 Å². The van der Waals surface area contributed by atoms with Gasteiger partial charge in [0.15, 0.2) is 0 Å². The topological polar surface area (TPSA) is 71.2 Å². The van der Waals surface area contributed by atoms with Crippen LogP contribution in [0.3, 0.4) is 0 Å². The van der Waals surface area contributed by atoms with Crippen LogP contribution >= 0.6 is 11.6 Å². The lowest BCUT2D eigenvalue weighted by molar-refractivity contribution is 0.0896. The second-order valence-electron chi connectivity index (χ2n) is 5.63. The largest absolute Gasteiger partial charge is 0.384 e. The molecule has 108 valence electrons. The molecule has 0 aliphatic carbocycles. The SMILES string of the molecule is Nc1cc(C(=O)NC2CCN3CCCC3C2)cc(Cl)n1. The van der Waals surface area contributed by atoms with Crippen molar-refractivity contribution in [2.75, 3.05) is 18.8 Å². The van der Waals surface area contributed by atoms with E-state index in [0.29, 0.717) is 11.6 Å². The summed E-state index contributed by atoms with van der Waals surface area (Å²) in [7, 11) is 0. The van der Waals surface area contributed by atoms with Gasteiger partial charge in [-0.2, -0.15) is 0 Å². The fourth-order valence-electron chi connectivity index (χ4n) is 3.27.